The standard InChI is InChI=1S/C16H19N3O2/c1-5-21-16(20)15-14(9-12(4)18-19-15)17-13-7-10(2)6-11(3)8-13/h6-9H,5H2,1-4H3,(H,17,18). The van der Waals surface area contributed by atoms with Gasteiger partial charge in [0.1, 0.15) is 0 Å². The van der Waals surface area contributed by atoms with Crippen LogP contribution in [0.5, 0.6) is 0 Å². The molecule has 1 N–H and O–H groups in total. The fourth-order valence-corrected chi connectivity index (χ4v) is 2.14. The smallest absolute Gasteiger partial charge is 0.361 e. The van der Waals surface area contributed by atoms with Gasteiger partial charge in [0.2, 0.25) is 0 Å². The summed E-state index contributed by atoms with van der Waals surface area (Å²) >= 11 is 0. The average molecular weight is 285 g/mol. The second-order valence-corrected chi connectivity index (χ2v) is 4.97. The van der Waals surface area contributed by atoms with Crippen LogP contribution in [0.1, 0.15) is 34.2 Å². The van der Waals surface area contributed by atoms with E-state index in [1.165, 1.54) is 0 Å². The quantitative estimate of drug-likeness (QED) is 0.873. The molecule has 0 fully saturated rings. The van der Waals surface area contributed by atoms with Crippen molar-refractivity contribution in [3.8, 4) is 0 Å². The van der Waals surface area contributed by atoms with Gasteiger partial charge in [-0.15, -0.1) is 5.10 Å². The fourth-order valence-electron chi connectivity index (χ4n) is 2.14. The van der Waals surface area contributed by atoms with Crippen molar-refractivity contribution in [2.75, 3.05) is 11.9 Å². The zero-order valence-electron chi connectivity index (χ0n) is 12.7. The first-order chi connectivity index (χ1) is 9.99. The highest BCUT2D eigenvalue weighted by molar-refractivity contribution is 5.94. The van der Waals surface area contributed by atoms with Gasteiger partial charge in [-0.1, -0.05) is 6.07 Å². The normalized spacial score (nSPS) is 10.3. The molecule has 2 aromatic rings. The highest BCUT2D eigenvalue weighted by atomic mass is 16.5. The summed E-state index contributed by atoms with van der Waals surface area (Å²) in [6.07, 6.45) is 0. The number of hydrogen-bond acceptors (Lipinski definition) is 5. The van der Waals surface area contributed by atoms with E-state index in [4.69, 9.17) is 4.74 Å². The highest BCUT2D eigenvalue weighted by Gasteiger charge is 2.16. The van der Waals surface area contributed by atoms with E-state index in [9.17, 15) is 4.79 Å². The van der Waals surface area contributed by atoms with Crippen LogP contribution in [0.25, 0.3) is 0 Å². The molecule has 5 nitrogen and oxygen atoms in total. The highest BCUT2D eigenvalue weighted by Crippen LogP contribution is 2.22. The van der Waals surface area contributed by atoms with E-state index in [0.717, 1.165) is 22.5 Å². The molecule has 2 rings (SSSR count). The van der Waals surface area contributed by atoms with Gasteiger partial charge in [0.25, 0.3) is 0 Å². The number of carbonyl (C=O) groups excluding carboxylic acids is 1. The summed E-state index contributed by atoms with van der Waals surface area (Å²) in [5, 5.41) is 11.1. The van der Waals surface area contributed by atoms with Crippen LogP contribution in [0, 0.1) is 20.8 Å². The minimum absolute atomic E-state index is 0.196. The number of hydrogen-bond donors (Lipinski definition) is 1. The van der Waals surface area contributed by atoms with Gasteiger partial charge < -0.3 is 10.1 Å². The van der Waals surface area contributed by atoms with Crippen molar-refractivity contribution in [2.45, 2.75) is 27.7 Å². The van der Waals surface area contributed by atoms with Crippen LogP contribution in [-0.4, -0.2) is 22.8 Å². The third-order valence-corrected chi connectivity index (χ3v) is 2.89. The Balaban J connectivity index is 2.38. The molecule has 0 radical (unpaired) electrons. The number of rotatable bonds is 4. The molecule has 1 heterocycles. The van der Waals surface area contributed by atoms with E-state index in [1.54, 1.807) is 13.0 Å². The molecule has 5 heteroatoms. The van der Waals surface area contributed by atoms with Crippen LogP contribution in [-0.2, 0) is 4.74 Å². The van der Waals surface area contributed by atoms with Crippen LogP contribution in [0.4, 0.5) is 11.4 Å². The molecule has 0 saturated carbocycles. The van der Waals surface area contributed by atoms with Crippen molar-refractivity contribution >= 4 is 17.3 Å². The Hall–Kier alpha value is -2.43. The molecule has 0 spiro atoms. The number of nitrogens with one attached hydrogen (secondary N) is 1. The lowest BCUT2D eigenvalue weighted by molar-refractivity contribution is 0.0519. The number of esters is 1. The number of nitrogens with zero attached hydrogens (tertiary/aromatic N) is 2. The van der Waals surface area contributed by atoms with Crippen molar-refractivity contribution in [2.24, 2.45) is 0 Å². The van der Waals surface area contributed by atoms with Gasteiger partial charge in [0.15, 0.2) is 5.69 Å². The number of ether oxygens (including phenoxy) is 1. The summed E-state index contributed by atoms with van der Waals surface area (Å²) in [5.41, 5.74) is 4.73. The third-order valence-electron chi connectivity index (χ3n) is 2.89. The van der Waals surface area contributed by atoms with Gasteiger partial charge in [-0.25, -0.2) is 4.79 Å². The Morgan fingerprint density at radius 2 is 1.76 bits per heavy atom. The summed E-state index contributed by atoms with van der Waals surface area (Å²) in [6, 6.07) is 7.90. The molecular formula is C16H19N3O2. The number of carbonyl (C=O) groups is 1. The minimum atomic E-state index is -0.475. The van der Waals surface area contributed by atoms with Gasteiger partial charge in [-0.05, 0) is 57.0 Å². The van der Waals surface area contributed by atoms with Gasteiger partial charge in [-0.2, -0.15) is 5.10 Å². The number of aryl methyl sites for hydroxylation is 3. The molecule has 0 saturated heterocycles. The van der Waals surface area contributed by atoms with Crippen molar-refractivity contribution in [1.29, 1.82) is 0 Å². The Morgan fingerprint density at radius 3 is 2.38 bits per heavy atom. The molecule has 0 amide bonds. The first kappa shape index (κ1) is 15.0. The third kappa shape index (κ3) is 3.78. The van der Waals surface area contributed by atoms with E-state index < -0.39 is 5.97 Å². The Labute approximate surface area is 124 Å². The zero-order chi connectivity index (χ0) is 15.4. The van der Waals surface area contributed by atoms with E-state index in [1.807, 2.05) is 32.9 Å². The predicted molar refractivity (Wildman–Crippen MR) is 81.9 cm³/mol. The minimum Gasteiger partial charge on any atom is -0.461 e. The summed E-state index contributed by atoms with van der Waals surface area (Å²) in [7, 11) is 0. The van der Waals surface area contributed by atoms with Crippen molar-refractivity contribution in [1.82, 2.24) is 10.2 Å². The van der Waals surface area contributed by atoms with Crippen LogP contribution in [0.3, 0.4) is 0 Å². The fraction of sp³-hybridized carbons (Fsp3) is 0.312. The molecule has 0 aliphatic heterocycles. The molecule has 0 aliphatic rings. The summed E-state index contributed by atoms with van der Waals surface area (Å²) in [6.45, 7) is 7.95. The second-order valence-electron chi connectivity index (χ2n) is 4.97. The summed E-state index contributed by atoms with van der Waals surface area (Å²) in [4.78, 5) is 11.9. The molecule has 21 heavy (non-hydrogen) atoms. The molecule has 0 unspecified atom stereocenters. The first-order valence-electron chi connectivity index (χ1n) is 6.86. The Morgan fingerprint density at radius 1 is 1.10 bits per heavy atom. The Bertz CT molecular complexity index is 648. The number of aromatic nitrogens is 2. The summed E-state index contributed by atoms with van der Waals surface area (Å²) < 4.78 is 5.01. The van der Waals surface area contributed by atoms with Crippen LogP contribution in [0.15, 0.2) is 24.3 Å². The Kier molecular flexibility index (Phi) is 4.52. The monoisotopic (exact) mass is 285 g/mol. The van der Waals surface area contributed by atoms with E-state index >= 15 is 0 Å². The maximum absolute atomic E-state index is 11.9. The molecule has 0 atom stereocenters. The van der Waals surface area contributed by atoms with Crippen LogP contribution < -0.4 is 5.32 Å². The van der Waals surface area contributed by atoms with Crippen LogP contribution in [0.2, 0.25) is 0 Å². The molecular weight excluding hydrogens is 266 g/mol. The van der Waals surface area contributed by atoms with Gasteiger partial charge in [-0.3, -0.25) is 0 Å². The van der Waals surface area contributed by atoms with Gasteiger partial charge in [0.05, 0.1) is 18.0 Å². The molecule has 110 valence electrons. The average Bonchev–Trinajstić information content (AvgIpc) is 2.37. The largest absolute Gasteiger partial charge is 0.461 e. The van der Waals surface area contributed by atoms with Crippen molar-refractivity contribution in [3.05, 3.63) is 46.8 Å². The first-order valence-corrected chi connectivity index (χ1v) is 6.86. The molecule has 1 aromatic carbocycles. The molecule has 0 aliphatic carbocycles. The van der Waals surface area contributed by atoms with Gasteiger partial charge in [0, 0.05) is 5.69 Å². The van der Waals surface area contributed by atoms with E-state index in [2.05, 4.69) is 21.6 Å². The van der Waals surface area contributed by atoms with Crippen molar-refractivity contribution in [3.63, 3.8) is 0 Å². The SMILES string of the molecule is CCOC(=O)c1nnc(C)cc1Nc1cc(C)cc(C)c1. The lowest BCUT2D eigenvalue weighted by atomic mass is 10.1. The lowest BCUT2D eigenvalue weighted by Crippen LogP contribution is -2.12. The predicted octanol–water partition coefficient (Wildman–Crippen LogP) is 3.32. The van der Waals surface area contributed by atoms with E-state index in [0.29, 0.717) is 12.3 Å². The second kappa shape index (κ2) is 6.35. The molecule has 1 aromatic heterocycles. The van der Waals surface area contributed by atoms with E-state index in [-0.39, 0.29) is 5.69 Å². The number of anilines is 2. The molecule has 0 bridgehead atoms. The van der Waals surface area contributed by atoms with Crippen molar-refractivity contribution < 1.29 is 9.53 Å². The zero-order valence-corrected chi connectivity index (χ0v) is 12.7. The number of benzene rings is 1. The topological polar surface area (TPSA) is 64.1 Å². The van der Waals surface area contributed by atoms with Gasteiger partial charge >= 0.3 is 5.97 Å². The van der Waals surface area contributed by atoms with Crippen LogP contribution >= 0.6 is 0 Å². The maximum atomic E-state index is 11.9. The maximum Gasteiger partial charge on any atom is 0.361 e. The lowest BCUT2D eigenvalue weighted by Gasteiger charge is -2.12. The summed E-state index contributed by atoms with van der Waals surface area (Å²) in [5.74, 6) is -0.475.